The number of nitrogens with zero attached hydrogens (tertiary/aromatic N) is 5. The third-order valence-electron chi connectivity index (χ3n) is 6.13. The Morgan fingerprint density at radius 1 is 1.10 bits per heavy atom. The Labute approximate surface area is 228 Å². The smallest absolute Gasteiger partial charge is 0.330 e. The molecule has 0 spiro atoms. The molecule has 0 aliphatic heterocycles. The lowest BCUT2D eigenvalue weighted by Crippen LogP contribution is -2.14. The predicted molar refractivity (Wildman–Crippen MR) is 144 cm³/mol. The fourth-order valence-corrected chi connectivity index (χ4v) is 4.64. The van der Waals surface area contributed by atoms with E-state index in [9.17, 15) is 22.5 Å². The van der Waals surface area contributed by atoms with E-state index in [1.165, 1.54) is 18.2 Å². The normalized spacial score (nSPS) is 13.1. The molecule has 0 aliphatic rings. The maximum Gasteiger partial charge on any atom is 0.330 e. The summed E-state index contributed by atoms with van der Waals surface area (Å²) in [6, 6.07) is 10.4. The fraction of sp³-hybridized carbons (Fsp3) is 0.192. The standard InChI is InChI=1S/C26H24F3N7O3S/c1-15(16-2-5-19(27)6-3-16)39-23-10-17(4-7-21(23)34-40(38)26(28)29)20-12-33-36-22(13-31-25(30)24(20)36)18-11-32-35(14-18)8-9-37/h2-7,10-15,26,34,37H,8-9H2,1H3,(H2,30,31). The first-order chi connectivity index (χ1) is 19.2. The number of rotatable bonds is 10. The van der Waals surface area contributed by atoms with Gasteiger partial charge in [0.05, 0.1) is 43.1 Å². The Balaban J connectivity index is 1.57. The van der Waals surface area contributed by atoms with E-state index < -0.39 is 28.7 Å². The van der Waals surface area contributed by atoms with Crippen LogP contribution in [0.1, 0.15) is 18.6 Å². The Morgan fingerprint density at radius 2 is 1.88 bits per heavy atom. The summed E-state index contributed by atoms with van der Waals surface area (Å²) in [5.41, 5.74) is 9.92. The first-order valence-corrected chi connectivity index (χ1v) is 13.2. The van der Waals surface area contributed by atoms with Crippen LogP contribution >= 0.6 is 0 Å². The summed E-state index contributed by atoms with van der Waals surface area (Å²) >= 11 is 0. The number of aromatic nitrogens is 5. The molecule has 3 heterocycles. The van der Waals surface area contributed by atoms with Crippen LogP contribution < -0.4 is 15.2 Å². The minimum absolute atomic E-state index is 0.0671. The first kappa shape index (κ1) is 27.1. The SMILES string of the molecule is CC(Oc1cc(-c2cnn3c(-c4cnn(CCO)c4)cnc(N)c23)ccc1NS(=O)C(F)F)c1ccc(F)cc1. The van der Waals surface area contributed by atoms with Crippen molar-refractivity contribution in [1.82, 2.24) is 24.4 Å². The average Bonchev–Trinajstić information content (AvgIpc) is 3.59. The van der Waals surface area contributed by atoms with Gasteiger partial charge in [-0.2, -0.15) is 19.0 Å². The van der Waals surface area contributed by atoms with Crippen molar-refractivity contribution in [2.45, 2.75) is 25.3 Å². The molecular formula is C26H24F3N7O3S. The molecule has 3 aromatic heterocycles. The number of benzene rings is 2. The number of hydrogen-bond acceptors (Lipinski definition) is 7. The largest absolute Gasteiger partial charge is 0.484 e. The molecule has 2 unspecified atom stereocenters. The molecule has 0 bridgehead atoms. The van der Waals surface area contributed by atoms with Gasteiger partial charge >= 0.3 is 5.76 Å². The topological polar surface area (TPSA) is 133 Å². The molecule has 5 rings (SSSR count). The lowest BCUT2D eigenvalue weighted by Gasteiger charge is -2.19. The van der Waals surface area contributed by atoms with Gasteiger partial charge in [0.2, 0.25) is 0 Å². The summed E-state index contributed by atoms with van der Waals surface area (Å²) in [4.78, 5) is 4.32. The second kappa shape index (κ2) is 11.4. The van der Waals surface area contributed by atoms with E-state index in [0.29, 0.717) is 40.0 Å². The summed E-state index contributed by atoms with van der Waals surface area (Å²) in [6.07, 6.45) is 5.91. The third kappa shape index (κ3) is 5.49. The van der Waals surface area contributed by atoms with Crippen molar-refractivity contribution in [3.05, 3.63) is 78.6 Å². The molecule has 14 heteroatoms. The Bertz CT molecular complexity index is 1670. The summed E-state index contributed by atoms with van der Waals surface area (Å²) in [5.74, 6) is -3.20. The monoisotopic (exact) mass is 571 g/mol. The van der Waals surface area contributed by atoms with Gasteiger partial charge in [-0.15, -0.1) is 0 Å². The van der Waals surface area contributed by atoms with Crippen LogP contribution in [0.2, 0.25) is 0 Å². The molecule has 10 nitrogen and oxygen atoms in total. The Hall–Kier alpha value is -4.43. The minimum Gasteiger partial charge on any atom is -0.484 e. The number of nitrogen functional groups attached to an aromatic ring is 1. The Kier molecular flexibility index (Phi) is 7.71. The van der Waals surface area contributed by atoms with Crippen molar-refractivity contribution in [1.29, 1.82) is 0 Å². The summed E-state index contributed by atoms with van der Waals surface area (Å²) in [5, 5.41) is 17.9. The maximum atomic E-state index is 13.4. The van der Waals surface area contributed by atoms with Gasteiger partial charge in [0.15, 0.2) is 11.0 Å². The van der Waals surface area contributed by atoms with E-state index in [0.717, 1.165) is 0 Å². The lowest BCUT2D eigenvalue weighted by molar-refractivity contribution is 0.228. The second-order valence-corrected chi connectivity index (χ2v) is 9.90. The zero-order valence-electron chi connectivity index (χ0n) is 21.0. The van der Waals surface area contributed by atoms with Crippen LogP contribution in [0.5, 0.6) is 5.75 Å². The fourth-order valence-electron chi connectivity index (χ4n) is 4.17. The van der Waals surface area contributed by atoms with E-state index in [2.05, 4.69) is 19.9 Å². The van der Waals surface area contributed by atoms with E-state index in [4.69, 9.17) is 10.5 Å². The number of ether oxygens (including phenoxy) is 1. The van der Waals surface area contributed by atoms with Crippen LogP contribution in [-0.4, -0.2) is 46.1 Å². The van der Waals surface area contributed by atoms with Crippen molar-refractivity contribution in [2.75, 3.05) is 17.1 Å². The van der Waals surface area contributed by atoms with Crippen molar-refractivity contribution in [2.24, 2.45) is 0 Å². The molecule has 0 aliphatic carbocycles. The number of aliphatic hydroxyl groups is 1. The Morgan fingerprint density at radius 3 is 2.60 bits per heavy atom. The maximum absolute atomic E-state index is 13.4. The molecule has 0 saturated heterocycles. The summed E-state index contributed by atoms with van der Waals surface area (Å²) < 4.78 is 63.0. The number of fused-ring (bicyclic) bond motifs is 1. The zero-order valence-corrected chi connectivity index (χ0v) is 21.9. The van der Waals surface area contributed by atoms with Crippen molar-refractivity contribution in [3.63, 3.8) is 0 Å². The molecular weight excluding hydrogens is 547 g/mol. The molecule has 40 heavy (non-hydrogen) atoms. The van der Waals surface area contributed by atoms with Crippen LogP contribution in [0.15, 0.2) is 67.3 Å². The predicted octanol–water partition coefficient (Wildman–Crippen LogP) is 4.41. The summed E-state index contributed by atoms with van der Waals surface area (Å²) in [7, 11) is -2.67. The molecule has 4 N–H and O–H groups in total. The molecule has 208 valence electrons. The van der Waals surface area contributed by atoms with E-state index in [1.807, 2.05) is 0 Å². The number of halogens is 3. The quantitative estimate of drug-likeness (QED) is 0.226. The van der Waals surface area contributed by atoms with Gasteiger partial charge in [0, 0.05) is 17.3 Å². The van der Waals surface area contributed by atoms with Gasteiger partial charge in [-0.3, -0.25) is 9.40 Å². The highest BCUT2D eigenvalue weighted by Gasteiger charge is 2.21. The average molecular weight is 572 g/mol. The minimum atomic E-state index is -3.12. The van der Waals surface area contributed by atoms with Gasteiger partial charge in [-0.05, 0) is 42.3 Å². The van der Waals surface area contributed by atoms with E-state index in [1.54, 1.807) is 65.2 Å². The van der Waals surface area contributed by atoms with Gasteiger partial charge in [-0.1, -0.05) is 18.2 Å². The van der Waals surface area contributed by atoms with Gasteiger partial charge in [-0.25, -0.2) is 18.1 Å². The second-order valence-electron chi connectivity index (χ2n) is 8.75. The van der Waals surface area contributed by atoms with Crippen LogP contribution in [0.4, 0.5) is 24.7 Å². The molecule has 0 fully saturated rings. The van der Waals surface area contributed by atoms with Gasteiger partial charge < -0.3 is 15.6 Å². The van der Waals surface area contributed by atoms with E-state index in [-0.39, 0.29) is 23.9 Å². The third-order valence-corrected chi connectivity index (χ3v) is 6.88. The van der Waals surface area contributed by atoms with Crippen LogP contribution in [0, 0.1) is 5.82 Å². The molecule has 2 atom stereocenters. The number of alkyl halides is 2. The number of anilines is 2. The highest BCUT2D eigenvalue weighted by atomic mass is 32.2. The number of aliphatic hydroxyl groups excluding tert-OH is 1. The molecule has 5 aromatic rings. The molecule has 0 amide bonds. The van der Waals surface area contributed by atoms with Crippen molar-refractivity contribution in [3.8, 4) is 28.1 Å². The highest BCUT2D eigenvalue weighted by Crippen LogP contribution is 2.37. The number of hydrogen-bond donors (Lipinski definition) is 3. The summed E-state index contributed by atoms with van der Waals surface area (Å²) in [6.45, 7) is 1.97. The zero-order chi connectivity index (χ0) is 28.4. The molecule has 0 radical (unpaired) electrons. The highest BCUT2D eigenvalue weighted by molar-refractivity contribution is 7.86. The molecule has 0 saturated carbocycles. The molecule has 2 aromatic carbocycles. The van der Waals surface area contributed by atoms with Crippen LogP contribution in [0.3, 0.4) is 0 Å². The number of nitrogens with two attached hydrogens (primary N) is 1. The first-order valence-electron chi connectivity index (χ1n) is 12.0. The lowest BCUT2D eigenvalue weighted by atomic mass is 10.1. The van der Waals surface area contributed by atoms with Crippen molar-refractivity contribution < 1.29 is 27.2 Å². The van der Waals surface area contributed by atoms with Crippen molar-refractivity contribution >= 4 is 28.0 Å². The van der Waals surface area contributed by atoms with Crippen LogP contribution in [-0.2, 0) is 17.5 Å². The van der Waals surface area contributed by atoms with Crippen LogP contribution in [0.25, 0.3) is 27.9 Å². The van der Waals surface area contributed by atoms with Gasteiger partial charge in [0.1, 0.15) is 29.0 Å². The van der Waals surface area contributed by atoms with Gasteiger partial charge in [0.25, 0.3) is 0 Å². The van der Waals surface area contributed by atoms with E-state index >= 15 is 0 Å². The number of nitrogens with one attached hydrogen (secondary N) is 1.